The Hall–Kier alpha value is -3.07. The Morgan fingerprint density at radius 1 is 1.07 bits per heavy atom. The van der Waals surface area contributed by atoms with Crippen LogP contribution in [0.3, 0.4) is 0 Å². The lowest BCUT2D eigenvalue weighted by Gasteiger charge is -2.11. The number of hydrogen-bond donors (Lipinski definition) is 3. The van der Waals surface area contributed by atoms with Gasteiger partial charge in [0.25, 0.3) is 15.9 Å². The number of amides is 2. The average Bonchev–Trinajstić information content (AvgIpc) is 3.43. The first-order valence-electron chi connectivity index (χ1n) is 8.67. The molecule has 8 nitrogen and oxygen atoms in total. The lowest BCUT2D eigenvalue weighted by molar-refractivity contribution is -0.123. The minimum absolute atomic E-state index is 0.0712. The quantitative estimate of drug-likeness (QED) is 0.638. The van der Waals surface area contributed by atoms with Gasteiger partial charge in [-0.3, -0.25) is 25.2 Å². The van der Waals surface area contributed by atoms with Crippen molar-refractivity contribution in [2.75, 3.05) is 11.8 Å². The van der Waals surface area contributed by atoms with Gasteiger partial charge >= 0.3 is 0 Å². The van der Waals surface area contributed by atoms with Gasteiger partial charge in [-0.2, -0.15) is 0 Å². The normalized spacial score (nSPS) is 18.1. The highest BCUT2D eigenvalue weighted by Gasteiger charge is 2.39. The Morgan fingerprint density at radius 3 is 2.36 bits per heavy atom. The summed E-state index contributed by atoms with van der Waals surface area (Å²) in [5.74, 6) is -0.00619. The number of benzene rings is 2. The number of methoxy groups -OCH3 is 1. The monoisotopic (exact) mass is 403 g/mol. The van der Waals surface area contributed by atoms with Gasteiger partial charge in [0.2, 0.25) is 5.91 Å². The third kappa shape index (κ3) is 4.61. The van der Waals surface area contributed by atoms with Gasteiger partial charge in [0, 0.05) is 17.2 Å². The van der Waals surface area contributed by atoms with Crippen molar-refractivity contribution in [2.24, 2.45) is 11.8 Å². The molecule has 2 unspecified atom stereocenters. The molecule has 0 heterocycles. The van der Waals surface area contributed by atoms with Crippen molar-refractivity contribution < 1.29 is 22.7 Å². The molecule has 9 heteroatoms. The van der Waals surface area contributed by atoms with E-state index >= 15 is 0 Å². The maximum Gasteiger partial charge on any atom is 0.269 e. The molecule has 0 radical (unpaired) electrons. The van der Waals surface area contributed by atoms with Gasteiger partial charge in [-0.25, -0.2) is 8.42 Å². The summed E-state index contributed by atoms with van der Waals surface area (Å²) in [4.78, 5) is 23.9. The van der Waals surface area contributed by atoms with Gasteiger partial charge in [0.1, 0.15) is 5.75 Å². The highest BCUT2D eigenvalue weighted by Crippen LogP contribution is 2.37. The summed E-state index contributed by atoms with van der Waals surface area (Å²) in [6, 6.07) is 12.0. The topological polar surface area (TPSA) is 114 Å². The molecule has 2 amide bonds. The largest absolute Gasteiger partial charge is 0.497 e. The van der Waals surface area contributed by atoms with Crippen LogP contribution in [-0.4, -0.2) is 27.3 Å². The number of carbonyl (C=O) groups is 2. The van der Waals surface area contributed by atoms with Crippen molar-refractivity contribution in [3.63, 3.8) is 0 Å². The Labute approximate surface area is 163 Å². The standard InChI is InChI=1S/C19H21N3O5S/c1-12-10-17(12)19(24)21-20-18(23)13-4-3-5-16(11-13)28(25,26)22-14-6-8-15(27-2)9-7-14/h3-9,11-12,17,22H,10H2,1-2H3,(H,20,23)(H,21,24). The Bertz CT molecular complexity index is 989. The predicted molar refractivity (Wildman–Crippen MR) is 103 cm³/mol. The number of anilines is 1. The van der Waals surface area contributed by atoms with Crippen molar-refractivity contribution in [3.8, 4) is 5.75 Å². The maximum atomic E-state index is 12.6. The number of nitrogens with one attached hydrogen (secondary N) is 3. The molecule has 1 saturated carbocycles. The van der Waals surface area contributed by atoms with Gasteiger partial charge in [-0.05, 0) is 54.8 Å². The van der Waals surface area contributed by atoms with Crippen LogP contribution in [0.15, 0.2) is 53.4 Å². The maximum absolute atomic E-state index is 12.6. The van der Waals surface area contributed by atoms with Gasteiger partial charge in [-0.15, -0.1) is 0 Å². The molecule has 0 saturated heterocycles. The Balaban J connectivity index is 1.68. The van der Waals surface area contributed by atoms with Gasteiger partial charge < -0.3 is 4.74 Å². The molecule has 3 N–H and O–H groups in total. The highest BCUT2D eigenvalue weighted by molar-refractivity contribution is 7.92. The summed E-state index contributed by atoms with van der Waals surface area (Å²) < 4.78 is 32.7. The Morgan fingerprint density at radius 2 is 1.75 bits per heavy atom. The van der Waals surface area contributed by atoms with Crippen LogP contribution < -0.4 is 20.3 Å². The number of sulfonamides is 1. The van der Waals surface area contributed by atoms with Gasteiger partial charge in [0.05, 0.1) is 12.0 Å². The number of hydrazine groups is 1. The van der Waals surface area contributed by atoms with Crippen LogP contribution >= 0.6 is 0 Å². The van der Waals surface area contributed by atoms with E-state index in [2.05, 4.69) is 15.6 Å². The molecule has 0 bridgehead atoms. The lowest BCUT2D eigenvalue weighted by Crippen LogP contribution is -2.42. The highest BCUT2D eigenvalue weighted by atomic mass is 32.2. The molecule has 1 aliphatic carbocycles. The zero-order chi connectivity index (χ0) is 20.3. The van der Waals surface area contributed by atoms with Crippen LogP contribution in [0.2, 0.25) is 0 Å². The van der Waals surface area contributed by atoms with E-state index in [0.717, 1.165) is 6.42 Å². The number of ether oxygens (including phenoxy) is 1. The van der Waals surface area contributed by atoms with E-state index in [0.29, 0.717) is 17.4 Å². The number of rotatable bonds is 6. The summed E-state index contributed by atoms with van der Waals surface area (Å²) in [5.41, 5.74) is 5.16. The van der Waals surface area contributed by atoms with Gasteiger partial charge in [-0.1, -0.05) is 13.0 Å². The molecule has 0 aliphatic heterocycles. The van der Waals surface area contributed by atoms with E-state index in [9.17, 15) is 18.0 Å². The molecule has 2 atom stereocenters. The first-order valence-corrected chi connectivity index (χ1v) is 10.2. The van der Waals surface area contributed by atoms with Crippen molar-refractivity contribution in [1.82, 2.24) is 10.9 Å². The van der Waals surface area contributed by atoms with E-state index in [4.69, 9.17) is 4.74 Å². The fourth-order valence-corrected chi connectivity index (χ4v) is 3.75. The summed E-state index contributed by atoms with van der Waals surface area (Å²) in [7, 11) is -2.37. The fourth-order valence-electron chi connectivity index (χ4n) is 2.65. The van der Waals surface area contributed by atoms with Crippen LogP contribution in [0.1, 0.15) is 23.7 Å². The zero-order valence-electron chi connectivity index (χ0n) is 15.4. The second-order valence-corrected chi connectivity index (χ2v) is 8.31. The molecule has 148 valence electrons. The van der Waals surface area contributed by atoms with Crippen LogP contribution in [0.5, 0.6) is 5.75 Å². The molecule has 0 aromatic heterocycles. The van der Waals surface area contributed by atoms with E-state index in [1.165, 1.54) is 31.4 Å². The minimum Gasteiger partial charge on any atom is -0.497 e. The molecule has 3 rings (SSSR count). The van der Waals surface area contributed by atoms with E-state index in [1.54, 1.807) is 24.3 Å². The van der Waals surface area contributed by atoms with Crippen molar-refractivity contribution in [2.45, 2.75) is 18.2 Å². The second kappa shape index (κ2) is 7.89. The summed E-state index contributed by atoms with van der Waals surface area (Å²) in [6.07, 6.45) is 0.798. The van der Waals surface area contributed by atoms with E-state index in [1.807, 2.05) is 6.92 Å². The van der Waals surface area contributed by atoms with Crippen LogP contribution in [0, 0.1) is 11.8 Å². The molecule has 1 fully saturated rings. The van der Waals surface area contributed by atoms with Crippen LogP contribution in [0.4, 0.5) is 5.69 Å². The molecular weight excluding hydrogens is 382 g/mol. The van der Waals surface area contributed by atoms with Crippen LogP contribution in [-0.2, 0) is 14.8 Å². The SMILES string of the molecule is COc1ccc(NS(=O)(=O)c2cccc(C(=O)NNC(=O)C3CC3C)c2)cc1. The summed E-state index contributed by atoms with van der Waals surface area (Å²) in [5, 5.41) is 0. The Kier molecular flexibility index (Phi) is 5.55. The van der Waals surface area contributed by atoms with E-state index < -0.39 is 15.9 Å². The summed E-state index contributed by atoms with van der Waals surface area (Å²) in [6.45, 7) is 1.95. The summed E-state index contributed by atoms with van der Waals surface area (Å²) >= 11 is 0. The van der Waals surface area contributed by atoms with Gasteiger partial charge in [0.15, 0.2) is 0 Å². The smallest absolute Gasteiger partial charge is 0.269 e. The zero-order valence-corrected chi connectivity index (χ0v) is 16.2. The number of carbonyl (C=O) groups excluding carboxylic acids is 2. The van der Waals surface area contributed by atoms with E-state index in [-0.39, 0.29) is 22.3 Å². The molecular formula is C19H21N3O5S. The number of hydrogen-bond acceptors (Lipinski definition) is 5. The lowest BCUT2D eigenvalue weighted by atomic mass is 10.2. The average molecular weight is 403 g/mol. The van der Waals surface area contributed by atoms with Crippen molar-refractivity contribution in [1.29, 1.82) is 0 Å². The predicted octanol–water partition coefficient (Wildman–Crippen LogP) is 1.91. The molecule has 2 aromatic carbocycles. The van der Waals surface area contributed by atoms with Crippen molar-refractivity contribution >= 4 is 27.5 Å². The van der Waals surface area contributed by atoms with Crippen LogP contribution in [0.25, 0.3) is 0 Å². The minimum atomic E-state index is -3.89. The first-order chi connectivity index (χ1) is 13.3. The molecule has 28 heavy (non-hydrogen) atoms. The van der Waals surface area contributed by atoms with Crippen molar-refractivity contribution in [3.05, 3.63) is 54.1 Å². The third-order valence-electron chi connectivity index (χ3n) is 4.49. The molecule has 0 spiro atoms. The first kappa shape index (κ1) is 19.7. The molecule has 1 aliphatic rings. The third-order valence-corrected chi connectivity index (χ3v) is 5.87. The fraction of sp³-hybridized carbons (Fsp3) is 0.263. The molecule has 2 aromatic rings. The second-order valence-electron chi connectivity index (χ2n) is 6.62.